The summed E-state index contributed by atoms with van der Waals surface area (Å²) < 4.78 is 43.2. The molecule has 0 aliphatic rings. The second-order valence-corrected chi connectivity index (χ2v) is 7.46. The van der Waals surface area contributed by atoms with Crippen molar-refractivity contribution in [3.05, 3.63) is 50.7 Å². The van der Waals surface area contributed by atoms with Crippen LogP contribution in [0.2, 0.25) is 0 Å². The molecule has 0 saturated carbocycles. The van der Waals surface area contributed by atoms with Gasteiger partial charge in [-0.3, -0.25) is 24.0 Å². The van der Waals surface area contributed by atoms with Gasteiger partial charge in [0.2, 0.25) is 5.91 Å². The predicted molar refractivity (Wildman–Crippen MR) is 118 cm³/mol. The van der Waals surface area contributed by atoms with Gasteiger partial charge in [-0.25, -0.2) is 4.79 Å². The highest BCUT2D eigenvalue weighted by Crippen LogP contribution is 2.27. The molecule has 0 aliphatic heterocycles. The number of aromatic amines is 1. The van der Waals surface area contributed by atoms with Crippen LogP contribution in [0, 0.1) is 0 Å². The largest absolute Gasteiger partial charge is 0.573 e. The topological polar surface area (TPSA) is 114 Å². The number of halogens is 3. The Morgan fingerprint density at radius 2 is 1.88 bits per heavy atom. The molecule has 33 heavy (non-hydrogen) atoms. The second-order valence-electron chi connectivity index (χ2n) is 7.46. The minimum absolute atomic E-state index is 0.0165. The molecule has 182 valence electrons. The van der Waals surface area contributed by atoms with E-state index in [1.807, 2.05) is 6.92 Å². The number of nitrogens with two attached hydrogens (primary N) is 1. The monoisotopic (exact) mass is 471 g/mol. The maximum absolute atomic E-state index is 13.0. The number of hydrogen-bond acceptors (Lipinski definition) is 6. The number of likely N-dealkylation sites (N-methyl/N-ethyl adjacent to an activating group) is 2. The van der Waals surface area contributed by atoms with Gasteiger partial charge in [0.25, 0.3) is 5.56 Å². The minimum Gasteiger partial charge on any atom is -0.405 e. The molecule has 9 nitrogen and oxygen atoms in total. The first-order valence-corrected chi connectivity index (χ1v) is 10.4. The van der Waals surface area contributed by atoms with Crippen LogP contribution in [0.15, 0.2) is 33.9 Å². The van der Waals surface area contributed by atoms with Gasteiger partial charge in [0, 0.05) is 25.2 Å². The third kappa shape index (κ3) is 6.85. The number of aromatic nitrogens is 2. The number of nitrogens with zero attached hydrogens (tertiary/aromatic N) is 3. The number of benzene rings is 1. The third-order valence-corrected chi connectivity index (χ3v) is 4.88. The van der Waals surface area contributed by atoms with E-state index in [1.165, 1.54) is 27.7 Å². The summed E-state index contributed by atoms with van der Waals surface area (Å²) in [5, 5.41) is 0. The summed E-state index contributed by atoms with van der Waals surface area (Å²) in [5.74, 6) is -0.980. The Bertz CT molecular complexity index is 1080. The van der Waals surface area contributed by atoms with Gasteiger partial charge in [0.1, 0.15) is 11.6 Å². The summed E-state index contributed by atoms with van der Waals surface area (Å²) in [6.45, 7) is 3.72. The zero-order valence-electron chi connectivity index (χ0n) is 18.7. The highest BCUT2D eigenvalue weighted by atomic mass is 19.4. The number of anilines is 2. The molecule has 1 amide bonds. The number of rotatable bonds is 10. The minimum atomic E-state index is -4.84. The summed E-state index contributed by atoms with van der Waals surface area (Å²) in [5.41, 5.74) is 4.75. The Balaban J connectivity index is 2.25. The van der Waals surface area contributed by atoms with Gasteiger partial charge in [-0.1, -0.05) is 31.5 Å². The number of H-pyrrole nitrogens is 1. The lowest BCUT2D eigenvalue weighted by atomic mass is 10.2. The zero-order chi connectivity index (χ0) is 24.8. The fraction of sp³-hybridized carbons (Fsp3) is 0.476. The van der Waals surface area contributed by atoms with Gasteiger partial charge in [-0.05, 0) is 26.5 Å². The molecule has 0 radical (unpaired) electrons. The lowest BCUT2D eigenvalue weighted by Crippen LogP contribution is -2.44. The lowest BCUT2D eigenvalue weighted by Gasteiger charge is -2.26. The number of nitrogens with one attached hydrogen (secondary N) is 1. The maximum Gasteiger partial charge on any atom is 0.573 e. The van der Waals surface area contributed by atoms with Gasteiger partial charge >= 0.3 is 12.1 Å². The van der Waals surface area contributed by atoms with Crippen LogP contribution in [0.3, 0.4) is 0 Å². The van der Waals surface area contributed by atoms with E-state index < -0.39 is 23.5 Å². The van der Waals surface area contributed by atoms with E-state index in [9.17, 15) is 27.6 Å². The van der Waals surface area contributed by atoms with E-state index in [4.69, 9.17) is 5.73 Å². The molecule has 1 aromatic heterocycles. The Hall–Kier alpha value is -3.28. The Kier molecular flexibility index (Phi) is 8.69. The zero-order valence-corrected chi connectivity index (χ0v) is 18.7. The standard InChI is InChI=1S/C21H28F3N5O4/c1-4-6-11-29-18(25)17(19(31)26-20(29)32)28(5-2)16(30)13-27(3)12-14-9-7-8-10-15(14)33-21(22,23)24/h7-10H,4-6,11-13,25H2,1-3H3,(H,26,31,32). The van der Waals surface area contributed by atoms with Crippen LogP contribution < -0.4 is 26.6 Å². The first-order valence-electron chi connectivity index (χ1n) is 10.4. The van der Waals surface area contributed by atoms with Crippen LogP contribution in [-0.2, 0) is 17.9 Å². The van der Waals surface area contributed by atoms with E-state index in [1.54, 1.807) is 20.0 Å². The molecule has 0 spiro atoms. The van der Waals surface area contributed by atoms with Crippen molar-refractivity contribution in [2.45, 2.75) is 46.1 Å². The highest BCUT2D eigenvalue weighted by molar-refractivity contribution is 5.96. The smallest absolute Gasteiger partial charge is 0.405 e. The van der Waals surface area contributed by atoms with Crippen molar-refractivity contribution in [3.63, 3.8) is 0 Å². The highest BCUT2D eigenvalue weighted by Gasteiger charge is 2.32. The van der Waals surface area contributed by atoms with Crippen molar-refractivity contribution >= 4 is 17.4 Å². The quantitative estimate of drug-likeness (QED) is 0.550. The number of para-hydroxylation sites is 1. The summed E-state index contributed by atoms with van der Waals surface area (Å²) in [6.07, 6.45) is -3.40. The van der Waals surface area contributed by atoms with Gasteiger partial charge < -0.3 is 15.4 Å². The van der Waals surface area contributed by atoms with E-state index >= 15 is 0 Å². The first kappa shape index (κ1) is 26.0. The van der Waals surface area contributed by atoms with Crippen molar-refractivity contribution in [1.82, 2.24) is 14.5 Å². The number of carbonyl (C=O) groups excluding carboxylic acids is 1. The van der Waals surface area contributed by atoms with Gasteiger partial charge in [-0.2, -0.15) is 0 Å². The normalized spacial score (nSPS) is 11.6. The predicted octanol–water partition coefficient (Wildman–Crippen LogP) is 2.30. The number of nitrogen functional groups attached to an aromatic ring is 1. The summed E-state index contributed by atoms with van der Waals surface area (Å²) in [4.78, 5) is 42.4. The number of amides is 1. The molecular weight excluding hydrogens is 443 g/mol. The number of carbonyl (C=O) groups is 1. The molecule has 0 aliphatic carbocycles. The molecule has 3 N–H and O–H groups in total. The molecule has 2 aromatic rings. The summed E-state index contributed by atoms with van der Waals surface area (Å²) in [7, 11) is 1.55. The van der Waals surface area contributed by atoms with Crippen LogP contribution >= 0.6 is 0 Å². The molecule has 0 fully saturated rings. The first-order chi connectivity index (χ1) is 15.5. The lowest BCUT2D eigenvalue weighted by molar-refractivity contribution is -0.275. The molecule has 0 unspecified atom stereocenters. The molecule has 0 atom stereocenters. The second kappa shape index (κ2) is 11.0. The Morgan fingerprint density at radius 3 is 2.48 bits per heavy atom. The molecule has 0 saturated heterocycles. The summed E-state index contributed by atoms with van der Waals surface area (Å²) in [6, 6.07) is 5.63. The Labute approximate surface area is 188 Å². The van der Waals surface area contributed by atoms with E-state index in [-0.39, 0.29) is 49.0 Å². The van der Waals surface area contributed by atoms with Crippen LogP contribution in [0.4, 0.5) is 24.7 Å². The van der Waals surface area contributed by atoms with Crippen LogP contribution in [0.5, 0.6) is 5.75 Å². The van der Waals surface area contributed by atoms with Crippen molar-refractivity contribution in [2.75, 3.05) is 30.8 Å². The number of alkyl halides is 3. The van der Waals surface area contributed by atoms with Crippen molar-refractivity contribution in [2.24, 2.45) is 0 Å². The molecule has 1 aromatic carbocycles. The van der Waals surface area contributed by atoms with Crippen molar-refractivity contribution < 1.29 is 22.7 Å². The van der Waals surface area contributed by atoms with Crippen molar-refractivity contribution in [3.8, 4) is 5.75 Å². The summed E-state index contributed by atoms with van der Waals surface area (Å²) >= 11 is 0. The molecule has 0 bridgehead atoms. The Morgan fingerprint density at radius 1 is 1.21 bits per heavy atom. The number of hydrogen-bond donors (Lipinski definition) is 2. The average molecular weight is 471 g/mol. The van der Waals surface area contributed by atoms with Crippen LogP contribution in [-0.4, -0.2) is 46.9 Å². The van der Waals surface area contributed by atoms with E-state index in [2.05, 4.69) is 9.72 Å². The van der Waals surface area contributed by atoms with E-state index in [0.29, 0.717) is 6.42 Å². The molecule has 1 heterocycles. The molecular formula is C21H28F3N5O4. The van der Waals surface area contributed by atoms with Gasteiger partial charge in [-0.15, -0.1) is 13.2 Å². The van der Waals surface area contributed by atoms with Crippen LogP contribution in [0.25, 0.3) is 0 Å². The van der Waals surface area contributed by atoms with Crippen LogP contribution in [0.1, 0.15) is 32.3 Å². The third-order valence-electron chi connectivity index (χ3n) is 4.88. The SMILES string of the molecule is CCCCn1c(N)c(N(CC)C(=O)CN(C)Cc2ccccc2OC(F)(F)F)c(=O)[nH]c1=O. The average Bonchev–Trinajstić information content (AvgIpc) is 2.71. The van der Waals surface area contributed by atoms with Gasteiger partial charge in [0.15, 0.2) is 5.69 Å². The molecule has 12 heteroatoms. The fourth-order valence-corrected chi connectivity index (χ4v) is 3.36. The molecule has 2 rings (SSSR count). The number of ether oxygens (including phenoxy) is 1. The van der Waals surface area contributed by atoms with Gasteiger partial charge in [0.05, 0.1) is 6.54 Å². The maximum atomic E-state index is 13.0. The van der Waals surface area contributed by atoms with Crippen molar-refractivity contribution in [1.29, 1.82) is 0 Å². The number of unbranched alkanes of at least 4 members (excludes halogenated alkanes) is 1. The van der Waals surface area contributed by atoms with E-state index in [0.717, 1.165) is 11.3 Å². The fourth-order valence-electron chi connectivity index (χ4n) is 3.36.